The molecule has 0 aliphatic heterocycles. The first-order valence-corrected chi connectivity index (χ1v) is 6.39. The Labute approximate surface area is 70.6 Å². The summed E-state index contributed by atoms with van der Waals surface area (Å²) in [6, 6.07) is 0. The van der Waals surface area contributed by atoms with Gasteiger partial charge < -0.3 is 9.61 Å². The summed E-state index contributed by atoms with van der Waals surface area (Å²) in [6.07, 6.45) is 1.07. The smallest absolute Gasteiger partial charge is 0.270 e. The molecule has 0 bridgehead atoms. The minimum Gasteiger partial charge on any atom is -0.350 e. The Morgan fingerprint density at radius 2 is 2.33 bits per heavy atom. The zero-order chi connectivity index (χ0) is 6.95. The Bertz CT molecular complexity index is 52.3. The van der Waals surface area contributed by atoms with Gasteiger partial charge in [-0.2, -0.15) is 0 Å². The molecule has 0 aliphatic carbocycles. The van der Waals surface area contributed by atoms with Crippen molar-refractivity contribution in [2.24, 2.45) is 5.73 Å². The standard InChI is InChI=1S/C3H8NOS3Si/c4-2-1-3-6-8-7-5-9/h1-4H2. The van der Waals surface area contributed by atoms with Crippen molar-refractivity contribution in [1.82, 2.24) is 0 Å². The maximum atomic E-state index is 5.27. The maximum Gasteiger partial charge on any atom is 0.270 e. The van der Waals surface area contributed by atoms with Gasteiger partial charge in [-0.25, -0.2) is 0 Å². The molecule has 0 spiro atoms. The van der Waals surface area contributed by atoms with Gasteiger partial charge in [0, 0.05) is 15.6 Å². The van der Waals surface area contributed by atoms with Crippen LogP contribution in [0.3, 0.4) is 0 Å². The lowest BCUT2D eigenvalue weighted by molar-refractivity contribution is 0.737. The first kappa shape index (κ1) is 10.2. The molecule has 53 valence electrons. The van der Waals surface area contributed by atoms with Gasteiger partial charge in [-0.15, -0.1) is 0 Å². The second kappa shape index (κ2) is 9.19. The molecule has 0 saturated carbocycles. The molecule has 0 saturated heterocycles. The summed E-state index contributed by atoms with van der Waals surface area (Å²) in [4.78, 5) is 0. The molecule has 0 amide bonds. The molecule has 0 fully saturated rings. The third-order valence-corrected chi connectivity index (χ3v) is 4.35. The van der Waals surface area contributed by atoms with Crippen molar-refractivity contribution in [3.05, 3.63) is 0 Å². The van der Waals surface area contributed by atoms with Gasteiger partial charge in [0.25, 0.3) is 10.5 Å². The highest BCUT2D eigenvalue weighted by molar-refractivity contribution is 9.08. The molecule has 0 rings (SSSR count). The minimum atomic E-state index is 0.771. The first-order chi connectivity index (χ1) is 4.41. The van der Waals surface area contributed by atoms with E-state index in [-0.39, 0.29) is 0 Å². The molecule has 0 unspecified atom stereocenters. The number of nitrogens with two attached hydrogens (primary N) is 1. The fraction of sp³-hybridized carbons (Fsp3) is 1.00. The van der Waals surface area contributed by atoms with Crippen molar-refractivity contribution in [2.75, 3.05) is 12.3 Å². The summed E-state index contributed by atoms with van der Waals surface area (Å²) in [7, 11) is 6.21. The normalized spacial score (nSPS) is 10.0. The van der Waals surface area contributed by atoms with Crippen LogP contribution in [0.1, 0.15) is 6.42 Å². The Morgan fingerprint density at radius 1 is 1.56 bits per heavy atom. The van der Waals surface area contributed by atoms with Crippen LogP contribution in [0, 0.1) is 0 Å². The van der Waals surface area contributed by atoms with Gasteiger partial charge in [0.15, 0.2) is 0 Å². The first-order valence-electron chi connectivity index (χ1n) is 2.40. The van der Waals surface area contributed by atoms with E-state index in [9.17, 15) is 0 Å². The summed E-state index contributed by atoms with van der Waals surface area (Å²) in [5.74, 6) is 1.09. The van der Waals surface area contributed by atoms with E-state index in [4.69, 9.17) is 5.73 Å². The fourth-order valence-corrected chi connectivity index (χ4v) is 3.35. The van der Waals surface area contributed by atoms with E-state index in [0.717, 1.165) is 18.7 Å². The molecule has 6 heteroatoms. The predicted molar refractivity (Wildman–Crippen MR) is 48.2 cm³/mol. The summed E-state index contributed by atoms with van der Waals surface area (Å²) in [5, 5.41) is 0. The number of rotatable bonds is 6. The third kappa shape index (κ3) is 9.19. The fourth-order valence-electron chi connectivity index (χ4n) is 0.210. The van der Waals surface area contributed by atoms with E-state index in [0.29, 0.717) is 0 Å². The number of hydrogen-bond acceptors (Lipinski definition) is 5. The SMILES string of the molecule is NCCCSSSO[Si]. The van der Waals surface area contributed by atoms with Crippen molar-refractivity contribution in [1.29, 1.82) is 0 Å². The second-order valence-electron chi connectivity index (χ2n) is 1.18. The van der Waals surface area contributed by atoms with Gasteiger partial charge >= 0.3 is 0 Å². The summed E-state index contributed by atoms with van der Waals surface area (Å²) < 4.78 is 4.56. The quantitative estimate of drug-likeness (QED) is 0.302. The topological polar surface area (TPSA) is 35.2 Å². The molecule has 2 N–H and O–H groups in total. The van der Waals surface area contributed by atoms with Crippen LogP contribution in [0.15, 0.2) is 0 Å². The summed E-state index contributed by atoms with van der Waals surface area (Å²) >= 11 is 1.31. The molecule has 0 aromatic carbocycles. The monoisotopic (exact) mass is 198 g/mol. The molecule has 0 aromatic heterocycles. The molecule has 0 aromatic rings. The molecule has 9 heavy (non-hydrogen) atoms. The van der Waals surface area contributed by atoms with Crippen LogP contribution < -0.4 is 5.73 Å². The largest absolute Gasteiger partial charge is 0.350 e. The van der Waals surface area contributed by atoms with Crippen LogP contribution in [-0.4, -0.2) is 22.8 Å². The second-order valence-corrected chi connectivity index (χ2v) is 5.51. The highest BCUT2D eigenvalue weighted by Gasteiger charge is 1.88. The van der Waals surface area contributed by atoms with E-state index in [1.165, 1.54) is 11.1 Å². The van der Waals surface area contributed by atoms with E-state index >= 15 is 0 Å². The van der Waals surface area contributed by atoms with E-state index in [1.807, 2.05) is 0 Å². The van der Waals surface area contributed by atoms with Crippen molar-refractivity contribution in [3.8, 4) is 0 Å². The van der Waals surface area contributed by atoms with Crippen molar-refractivity contribution < 1.29 is 3.87 Å². The number of hydrogen-bond donors (Lipinski definition) is 1. The van der Waals surface area contributed by atoms with Crippen LogP contribution in [-0.2, 0) is 3.87 Å². The zero-order valence-corrected chi connectivity index (χ0v) is 8.28. The van der Waals surface area contributed by atoms with E-state index in [1.54, 1.807) is 20.6 Å². The van der Waals surface area contributed by atoms with Crippen LogP contribution >= 0.6 is 31.7 Å². The van der Waals surface area contributed by atoms with E-state index < -0.39 is 0 Å². The van der Waals surface area contributed by atoms with Gasteiger partial charge in [0.1, 0.15) is 0 Å². The van der Waals surface area contributed by atoms with Crippen molar-refractivity contribution >= 4 is 42.2 Å². The lowest BCUT2D eigenvalue weighted by atomic mass is 10.5. The van der Waals surface area contributed by atoms with Crippen LogP contribution in [0.25, 0.3) is 0 Å². The van der Waals surface area contributed by atoms with Gasteiger partial charge in [-0.3, -0.25) is 0 Å². The van der Waals surface area contributed by atoms with Crippen molar-refractivity contribution in [2.45, 2.75) is 6.42 Å². The van der Waals surface area contributed by atoms with Gasteiger partial charge in [0.2, 0.25) is 0 Å². The Balaban J connectivity index is 2.60. The maximum absolute atomic E-state index is 5.27. The van der Waals surface area contributed by atoms with Gasteiger partial charge in [-0.1, -0.05) is 10.8 Å². The lowest BCUT2D eigenvalue weighted by Crippen LogP contribution is -1.98. The van der Waals surface area contributed by atoms with Gasteiger partial charge in [0.05, 0.1) is 11.1 Å². The average molecular weight is 198 g/mol. The molecular weight excluding hydrogens is 190 g/mol. The lowest BCUT2D eigenvalue weighted by Gasteiger charge is -1.94. The summed E-state index contributed by atoms with van der Waals surface area (Å²) in [5.41, 5.74) is 5.27. The zero-order valence-electron chi connectivity index (χ0n) is 4.83. The molecular formula is C3H8NOS3Si. The molecule has 3 radical (unpaired) electrons. The average Bonchev–Trinajstić information content (AvgIpc) is 1.89. The molecule has 0 atom stereocenters. The van der Waals surface area contributed by atoms with Crippen molar-refractivity contribution in [3.63, 3.8) is 0 Å². The van der Waals surface area contributed by atoms with E-state index in [2.05, 4.69) is 14.4 Å². The third-order valence-electron chi connectivity index (χ3n) is 0.542. The Morgan fingerprint density at radius 3 is 2.89 bits per heavy atom. The molecule has 0 aliphatic rings. The summed E-state index contributed by atoms with van der Waals surface area (Å²) in [6.45, 7) is 0.771. The van der Waals surface area contributed by atoms with Crippen LogP contribution in [0.2, 0.25) is 0 Å². The van der Waals surface area contributed by atoms with Crippen LogP contribution in [0.4, 0.5) is 0 Å². The highest BCUT2D eigenvalue weighted by atomic mass is 33.5. The van der Waals surface area contributed by atoms with Crippen LogP contribution in [0.5, 0.6) is 0 Å². The Hall–Kier alpha value is 1.19. The van der Waals surface area contributed by atoms with Gasteiger partial charge in [-0.05, 0) is 13.0 Å². The highest BCUT2D eigenvalue weighted by Crippen LogP contribution is 2.34. The predicted octanol–water partition coefficient (Wildman–Crippen LogP) is 1.38. The molecule has 0 heterocycles. The molecule has 2 nitrogen and oxygen atoms in total. The Kier molecular flexibility index (Phi) is 10.4. The minimum absolute atomic E-state index is 0.771.